The van der Waals surface area contributed by atoms with Crippen LogP contribution in [0, 0.1) is 0 Å². The van der Waals surface area contributed by atoms with Gasteiger partial charge in [0.1, 0.15) is 5.75 Å². The number of fused-ring (bicyclic) bond motifs is 1. The van der Waals surface area contributed by atoms with E-state index in [2.05, 4.69) is 27.0 Å². The molecule has 0 radical (unpaired) electrons. The van der Waals surface area contributed by atoms with Crippen LogP contribution in [0.1, 0.15) is 22.9 Å². The van der Waals surface area contributed by atoms with Crippen molar-refractivity contribution in [3.63, 3.8) is 0 Å². The molecule has 2 aromatic rings. The second kappa shape index (κ2) is 4.98. The number of halogens is 1. The first-order valence-corrected chi connectivity index (χ1v) is 7.03. The third kappa shape index (κ3) is 2.40. The lowest BCUT2D eigenvalue weighted by Crippen LogP contribution is -2.07. The van der Waals surface area contributed by atoms with Crippen molar-refractivity contribution in [2.24, 2.45) is 7.05 Å². The first-order chi connectivity index (χ1) is 9.15. The number of aliphatic hydroxyl groups is 1. The molecule has 0 aliphatic carbocycles. The summed E-state index contributed by atoms with van der Waals surface area (Å²) in [6.45, 7) is 0.723. The minimum atomic E-state index is -0.574. The number of rotatable bonds is 3. The van der Waals surface area contributed by atoms with Crippen LogP contribution in [0.4, 0.5) is 0 Å². The average molecular weight is 323 g/mol. The van der Waals surface area contributed by atoms with Crippen LogP contribution in [0.3, 0.4) is 0 Å². The lowest BCUT2D eigenvalue weighted by Gasteiger charge is -2.14. The second-order valence-corrected chi connectivity index (χ2v) is 5.72. The number of hydrogen-bond donors (Lipinski definition) is 1. The highest BCUT2D eigenvalue weighted by atomic mass is 79.9. The molecule has 1 aromatic carbocycles. The van der Waals surface area contributed by atoms with Gasteiger partial charge in [0, 0.05) is 24.4 Å². The van der Waals surface area contributed by atoms with Gasteiger partial charge in [-0.2, -0.15) is 0 Å². The third-order valence-electron chi connectivity index (χ3n) is 3.43. The Morgan fingerprint density at radius 1 is 1.53 bits per heavy atom. The summed E-state index contributed by atoms with van der Waals surface area (Å²) < 4.78 is 8.55. The van der Waals surface area contributed by atoms with Crippen LogP contribution in [0.25, 0.3) is 0 Å². The van der Waals surface area contributed by atoms with Gasteiger partial charge >= 0.3 is 0 Å². The van der Waals surface area contributed by atoms with E-state index in [1.54, 1.807) is 12.5 Å². The Kier molecular flexibility index (Phi) is 3.33. The summed E-state index contributed by atoms with van der Waals surface area (Å²) in [5.74, 6) is 0.935. The van der Waals surface area contributed by atoms with Gasteiger partial charge in [-0.1, -0.05) is 15.9 Å². The summed E-state index contributed by atoms with van der Waals surface area (Å²) in [7, 11) is 1.88. The van der Waals surface area contributed by atoms with Gasteiger partial charge in [-0.3, -0.25) is 0 Å². The Morgan fingerprint density at radius 2 is 2.37 bits per heavy atom. The van der Waals surface area contributed by atoms with Crippen LogP contribution in [0.15, 0.2) is 29.1 Å². The molecule has 0 bridgehead atoms. The monoisotopic (exact) mass is 322 g/mol. The van der Waals surface area contributed by atoms with Gasteiger partial charge in [0.2, 0.25) is 0 Å². The Labute approximate surface area is 120 Å². The van der Waals surface area contributed by atoms with Crippen molar-refractivity contribution >= 4 is 15.9 Å². The van der Waals surface area contributed by atoms with Gasteiger partial charge in [0.05, 0.1) is 30.9 Å². The molecular formula is C14H15BrN2O2. The predicted octanol–water partition coefficient (Wildman–Crippen LogP) is 2.39. The number of aryl methyl sites for hydroxylation is 1. The van der Waals surface area contributed by atoms with E-state index in [0.29, 0.717) is 6.42 Å². The third-order valence-corrected chi connectivity index (χ3v) is 3.89. The first-order valence-electron chi connectivity index (χ1n) is 6.23. The quantitative estimate of drug-likeness (QED) is 0.943. The number of hydrogen-bond acceptors (Lipinski definition) is 3. The number of nitrogens with zero attached hydrogens (tertiary/aromatic N) is 2. The van der Waals surface area contributed by atoms with E-state index in [9.17, 15) is 5.11 Å². The smallest absolute Gasteiger partial charge is 0.125 e. The molecule has 0 saturated carbocycles. The molecule has 1 unspecified atom stereocenters. The zero-order chi connectivity index (χ0) is 13.4. The fourth-order valence-corrected chi connectivity index (χ4v) is 3.05. The fourth-order valence-electron chi connectivity index (χ4n) is 2.50. The van der Waals surface area contributed by atoms with Crippen molar-refractivity contribution < 1.29 is 9.84 Å². The maximum absolute atomic E-state index is 10.3. The minimum Gasteiger partial charge on any atom is -0.493 e. The lowest BCUT2D eigenvalue weighted by atomic mass is 10.0. The molecule has 1 atom stereocenters. The van der Waals surface area contributed by atoms with Crippen LogP contribution in [-0.4, -0.2) is 21.3 Å². The van der Waals surface area contributed by atoms with E-state index in [4.69, 9.17) is 4.74 Å². The van der Waals surface area contributed by atoms with Crippen LogP contribution in [0.5, 0.6) is 5.75 Å². The number of aromatic nitrogens is 2. The Bertz CT molecular complexity index is 609. The minimum absolute atomic E-state index is 0.529. The van der Waals surface area contributed by atoms with E-state index in [-0.39, 0.29) is 0 Å². The summed E-state index contributed by atoms with van der Waals surface area (Å²) in [5, 5.41) is 10.3. The Morgan fingerprint density at radius 3 is 3.11 bits per heavy atom. The molecule has 3 rings (SSSR count). The van der Waals surface area contributed by atoms with E-state index in [1.165, 1.54) is 5.56 Å². The molecule has 0 spiro atoms. The van der Waals surface area contributed by atoms with Crippen molar-refractivity contribution in [1.29, 1.82) is 0 Å². The van der Waals surface area contributed by atoms with Gasteiger partial charge in [0.25, 0.3) is 0 Å². The van der Waals surface area contributed by atoms with Crippen LogP contribution in [-0.2, 0) is 19.9 Å². The van der Waals surface area contributed by atoms with Crippen molar-refractivity contribution in [2.45, 2.75) is 18.9 Å². The standard InChI is InChI=1S/C14H15BrN2O2/c1-17-8-16-7-12(17)13(18)6-10-5-11(15)4-9-2-3-19-14(9)10/h4-5,7-8,13,18H,2-3,6H2,1H3. The van der Waals surface area contributed by atoms with Crippen LogP contribution >= 0.6 is 15.9 Å². The molecule has 5 heteroatoms. The van der Waals surface area contributed by atoms with E-state index < -0.39 is 6.10 Å². The molecule has 1 aliphatic rings. The first kappa shape index (κ1) is 12.7. The highest BCUT2D eigenvalue weighted by molar-refractivity contribution is 9.10. The number of aliphatic hydroxyl groups excluding tert-OH is 1. The zero-order valence-electron chi connectivity index (χ0n) is 10.6. The molecule has 19 heavy (non-hydrogen) atoms. The van der Waals surface area contributed by atoms with Gasteiger partial charge in [0.15, 0.2) is 0 Å². The van der Waals surface area contributed by atoms with Crippen molar-refractivity contribution in [1.82, 2.24) is 9.55 Å². The highest BCUT2D eigenvalue weighted by Gasteiger charge is 2.21. The van der Waals surface area contributed by atoms with E-state index in [1.807, 2.05) is 17.7 Å². The van der Waals surface area contributed by atoms with Crippen molar-refractivity contribution in [2.75, 3.05) is 6.61 Å². The molecule has 0 saturated heterocycles. The number of imidazole rings is 1. The van der Waals surface area contributed by atoms with Crippen LogP contribution in [0.2, 0.25) is 0 Å². The Hall–Kier alpha value is -1.33. The summed E-state index contributed by atoms with van der Waals surface area (Å²) in [6, 6.07) is 4.10. The normalized spacial score (nSPS) is 15.1. The predicted molar refractivity (Wildman–Crippen MR) is 75.2 cm³/mol. The molecule has 0 fully saturated rings. The molecule has 1 aromatic heterocycles. The molecule has 0 amide bonds. The Balaban J connectivity index is 1.90. The van der Waals surface area contributed by atoms with Crippen molar-refractivity contribution in [3.05, 3.63) is 46.0 Å². The number of benzene rings is 1. The van der Waals surface area contributed by atoms with Gasteiger partial charge in [-0.05, 0) is 23.3 Å². The van der Waals surface area contributed by atoms with E-state index in [0.717, 1.165) is 34.5 Å². The zero-order valence-corrected chi connectivity index (χ0v) is 12.2. The summed E-state index contributed by atoms with van der Waals surface area (Å²) >= 11 is 3.51. The molecule has 100 valence electrons. The molecular weight excluding hydrogens is 308 g/mol. The van der Waals surface area contributed by atoms with Gasteiger partial charge in [-0.15, -0.1) is 0 Å². The van der Waals surface area contributed by atoms with Gasteiger partial charge < -0.3 is 14.4 Å². The number of ether oxygens (including phenoxy) is 1. The van der Waals surface area contributed by atoms with Crippen molar-refractivity contribution in [3.8, 4) is 5.75 Å². The highest BCUT2D eigenvalue weighted by Crippen LogP contribution is 2.35. The molecule has 1 aliphatic heterocycles. The largest absolute Gasteiger partial charge is 0.493 e. The SMILES string of the molecule is Cn1cncc1C(O)Cc1cc(Br)cc2c1OCC2. The fraction of sp³-hybridized carbons (Fsp3) is 0.357. The second-order valence-electron chi connectivity index (χ2n) is 4.80. The van der Waals surface area contributed by atoms with Gasteiger partial charge in [-0.25, -0.2) is 4.98 Å². The molecule has 2 heterocycles. The van der Waals surface area contributed by atoms with E-state index >= 15 is 0 Å². The molecule has 1 N–H and O–H groups in total. The maximum atomic E-state index is 10.3. The summed E-state index contributed by atoms with van der Waals surface area (Å²) in [6.07, 6.45) is 4.28. The van der Waals surface area contributed by atoms with Crippen LogP contribution < -0.4 is 4.74 Å². The summed E-state index contributed by atoms with van der Waals surface area (Å²) in [5.41, 5.74) is 3.06. The molecule has 4 nitrogen and oxygen atoms in total. The maximum Gasteiger partial charge on any atom is 0.125 e. The lowest BCUT2D eigenvalue weighted by molar-refractivity contribution is 0.169. The topological polar surface area (TPSA) is 47.3 Å². The average Bonchev–Trinajstić information content (AvgIpc) is 2.97. The summed E-state index contributed by atoms with van der Waals surface area (Å²) in [4.78, 5) is 4.04.